The molecule has 0 aromatic heterocycles. The van der Waals surface area contributed by atoms with E-state index in [-0.39, 0.29) is 0 Å². The molecule has 0 bridgehead atoms. The summed E-state index contributed by atoms with van der Waals surface area (Å²) < 4.78 is 1.29. The van der Waals surface area contributed by atoms with Crippen LogP contribution in [0.25, 0.3) is 0 Å². The van der Waals surface area contributed by atoms with Crippen LogP contribution >= 0.6 is 22.6 Å². The van der Waals surface area contributed by atoms with Crippen LogP contribution in [-0.4, -0.2) is 0 Å². The van der Waals surface area contributed by atoms with E-state index in [1.807, 2.05) is 6.08 Å². The Labute approximate surface area is 119 Å². The Morgan fingerprint density at radius 3 is 2.94 bits per heavy atom. The van der Waals surface area contributed by atoms with Gasteiger partial charge in [-0.05, 0) is 71.3 Å². The summed E-state index contributed by atoms with van der Waals surface area (Å²) in [6, 6.07) is 0. The molecule has 0 amide bonds. The number of halogens is 1. The smallest absolute Gasteiger partial charge is 0.0129 e. The first-order valence-electron chi connectivity index (χ1n) is 6.41. The summed E-state index contributed by atoms with van der Waals surface area (Å²) in [7, 11) is 0. The van der Waals surface area contributed by atoms with Gasteiger partial charge in [0.2, 0.25) is 0 Å². The quantitative estimate of drug-likeness (QED) is 0.357. The van der Waals surface area contributed by atoms with Crippen LogP contribution in [0.1, 0.15) is 33.1 Å². The minimum Gasteiger partial charge on any atom is -0.0990 e. The summed E-state index contributed by atoms with van der Waals surface area (Å²) in [6.07, 6.45) is 15.1. The molecule has 0 spiro atoms. The summed E-state index contributed by atoms with van der Waals surface area (Å²) in [4.78, 5) is 0. The maximum absolute atomic E-state index is 3.76. The van der Waals surface area contributed by atoms with Gasteiger partial charge < -0.3 is 0 Å². The summed E-state index contributed by atoms with van der Waals surface area (Å²) in [5, 5.41) is 0. The Morgan fingerprint density at radius 2 is 2.29 bits per heavy atom. The topological polar surface area (TPSA) is 0 Å². The molecule has 0 heterocycles. The van der Waals surface area contributed by atoms with E-state index in [9.17, 15) is 0 Å². The molecule has 1 fully saturated rings. The second-order valence-corrected chi connectivity index (χ2v) is 6.92. The molecular weight excluding hydrogens is 319 g/mol. The van der Waals surface area contributed by atoms with Crippen LogP contribution in [0.4, 0.5) is 0 Å². The Balaban J connectivity index is 2.29. The molecule has 1 saturated carbocycles. The van der Waals surface area contributed by atoms with Gasteiger partial charge in [-0.15, -0.1) is 0 Å². The molecule has 0 aromatic rings. The first-order valence-corrected chi connectivity index (χ1v) is 7.49. The molecule has 92 valence electrons. The second-order valence-electron chi connectivity index (χ2n) is 5.67. The molecular formula is C16H21I. The number of fused-ring (bicyclic) bond motifs is 1. The molecule has 0 N–H and O–H groups in total. The summed E-state index contributed by atoms with van der Waals surface area (Å²) in [5.74, 6) is 1.62. The Kier molecular flexibility index (Phi) is 3.96. The lowest BCUT2D eigenvalue weighted by atomic mass is 9.74. The minimum absolute atomic E-state index is 0.326. The Bertz CT molecular complexity index is 396. The van der Waals surface area contributed by atoms with Crippen molar-refractivity contribution in [2.45, 2.75) is 33.1 Å². The number of hydrogen-bond donors (Lipinski definition) is 0. The van der Waals surface area contributed by atoms with E-state index in [1.54, 1.807) is 5.57 Å². The molecule has 0 aliphatic heterocycles. The van der Waals surface area contributed by atoms with Crippen LogP contribution in [0.2, 0.25) is 0 Å². The van der Waals surface area contributed by atoms with Crippen molar-refractivity contribution >= 4 is 22.6 Å². The lowest BCUT2D eigenvalue weighted by molar-refractivity contribution is 0.281. The van der Waals surface area contributed by atoms with Gasteiger partial charge in [-0.2, -0.15) is 0 Å². The highest BCUT2D eigenvalue weighted by Crippen LogP contribution is 2.54. The molecule has 0 saturated heterocycles. The minimum atomic E-state index is 0.326. The highest BCUT2D eigenvalue weighted by atomic mass is 127. The van der Waals surface area contributed by atoms with Crippen LogP contribution in [-0.2, 0) is 0 Å². The third-order valence-electron chi connectivity index (χ3n) is 4.29. The molecule has 2 atom stereocenters. The summed E-state index contributed by atoms with van der Waals surface area (Å²) in [5.41, 5.74) is 1.94. The highest BCUT2D eigenvalue weighted by molar-refractivity contribution is 14.1. The van der Waals surface area contributed by atoms with Gasteiger partial charge >= 0.3 is 0 Å². The van der Waals surface area contributed by atoms with Crippen LogP contribution in [0.5, 0.6) is 0 Å². The monoisotopic (exact) mass is 340 g/mol. The first kappa shape index (κ1) is 13.1. The maximum Gasteiger partial charge on any atom is 0.0129 e. The van der Waals surface area contributed by atoms with E-state index in [0.717, 1.165) is 11.8 Å². The predicted molar refractivity (Wildman–Crippen MR) is 84.1 cm³/mol. The third kappa shape index (κ3) is 2.59. The molecule has 0 aromatic carbocycles. The van der Waals surface area contributed by atoms with Crippen molar-refractivity contribution in [3.63, 3.8) is 0 Å². The molecule has 2 rings (SSSR count). The molecule has 2 aliphatic carbocycles. The second kappa shape index (κ2) is 5.13. The van der Waals surface area contributed by atoms with E-state index in [2.05, 4.69) is 67.3 Å². The number of allylic oxidation sites excluding steroid dienone is 7. The van der Waals surface area contributed by atoms with Gasteiger partial charge in [0, 0.05) is 3.58 Å². The molecule has 17 heavy (non-hydrogen) atoms. The van der Waals surface area contributed by atoms with Crippen molar-refractivity contribution in [1.82, 2.24) is 0 Å². The number of hydrogen-bond acceptors (Lipinski definition) is 0. The van der Waals surface area contributed by atoms with Crippen molar-refractivity contribution in [2.75, 3.05) is 0 Å². The van der Waals surface area contributed by atoms with Gasteiger partial charge in [-0.3, -0.25) is 0 Å². The summed E-state index contributed by atoms with van der Waals surface area (Å²) >= 11 is 2.40. The van der Waals surface area contributed by atoms with E-state index in [1.165, 1.54) is 22.8 Å². The van der Waals surface area contributed by atoms with E-state index in [0.29, 0.717) is 5.41 Å². The standard InChI is InChI=1S/C16H21I/c1-4-7-14(17)11-13-10-12-8-5-6-9-15(12)16(13,2)3/h4,6-7,9,11-12,15H,1,5,8,10H2,2-3H3/b13-11+,14-7+. The van der Waals surface area contributed by atoms with E-state index in [4.69, 9.17) is 0 Å². The van der Waals surface area contributed by atoms with Gasteiger partial charge in [0.05, 0.1) is 0 Å². The maximum atomic E-state index is 3.76. The first-order chi connectivity index (χ1) is 8.05. The molecule has 2 aliphatic rings. The fourth-order valence-corrected chi connectivity index (χ4v) is 3.91. The fraction of sp³-hybridized carbons (Fsp3) is 0.500. The SMILES string of the molecule is C=C/C=C(I)\C=C1/CC2CCC=CC2C1(C)C. The van der Waals surface area contributed by atoms with Crippen molar-refractivity contribution in [3.05, 3.63) is 46.1 Å². The molecule has 0 radical (unpaired) electrons. The van der Waals surface area contributed by atoms with Gasteiger partial charge in [-0.1, -0.05) is 44.2 Å². The van der Waals surface area contributed by atoms with Crippen molar-refractivity contribution in [3.8, 4) is 0 Å². The van der Waals surface area contributed by atoms with Crippen LogP contribution in [0.3, 0.4) is 0 Å². The van der Waals surface area contributed by atoms with Gasteiger partial charge in [-0.25, -0.2) is 0 Å². The highest BCUT2D eigenvalue weighted by Gasteiger charge is 2.44. The fourth-order valence-electron chi connectivity index (χ4n) is 3.28. The Hall–Kier alpha value is -0.310. The Morgan fingerprint density at radius 1 is 1.53 bits per heavy atom. The van der Waals surface area contributed by atoms with Gasteiger partial charge in [0.25, 0.3) is 0 Å². The molecule has 1 heteroatoms. The zero-order valence-corrected chi connectivity index (χ0v) is 12.9. The lowest BCUT2D eigenvalue weighted by Gasteiger charge is -2.31. The normalized spacial score (nSPS) is 33.8. The van der Waals surface area contributed by atoms with Gasteiger partial charge in [0.15, 0.2) is 0 Å². The lowest BCUT2D eigenvalue weighted by Crippen LogP contribution is -2.22. The van der Waals surface area contributed by atoms with Crippen LogP contribution in [0.15, 0.2) is 46.1 Å². The van der Waals surface area contributed by atoms with Crippen molar-refractivity contribution in [1.29, 1.82) is 0 Å². The van der Waals surface area contributed by atoms with Crippen molar-refractivity contribution in [2.24, 2.45) is 17.3 Å². The van der Waals surface area contributed by atoms with Crippen LogP contribution in [0, 0.1) is 17.3 Å². The molecule has 0 nitrogen and oxygen atoms in total. The average molecular weight is 340 g/mol. The predicted octanol–water partition coefficient (Wildman–Crippen LogP) is 5.43. The third-order valence-corrected chi connectivity index (χ3v) is 4.96. The molecule has 2 unspecified atom stereocenters. The summed E-state index contributed by atoms with van der Waals surface area (Å²) in [6.45, 7) is 8.56. The van der Waals surface area contributed by atoms with Gasteiger partial charge in [0.1, 0.15) is 0 Å². The number of rotatable bonds is 2. The zero-order chi connectivity index (χ0) is 12.5. The van der Waals surface area contributed by atoms with Crippen molar-refractivity contribution < 1.29 is 0 Å². The zero-order valence-electron chi connectivity index (χ0n) is 10.7. The van der Waals surface area contributed by atoms with E-state index < -0.39 is 0 Å². The average Bonchev–Trinajstić information content (AvgIpc) is 2.52. The van der Waals surface area contributed by atoms with E-state index >= 15 is 0 Å². The van der Waals surface area contributed by atoms with Crippen LogP contribution < -0.4 is 0 Å². The largest absolute Gasteiger partial charge is 0.0990 e.